The Hall–Kier alpha value is -1.11. The molecule has 1 aliphatic heterocycles. The highest BCUT2D eigenvalue weighted by Gasteiger charge is 2.42. The lowest BCUT2D eigenvalue weighted by Gasteiger charge is -2.41. The largest absolute Gasteiger partial charge is 0.541 e. The molecular weight excluding hydrogens is 336 g/mol. The number of carbonyl (C=O) groups is 1. The summed E-state index contributed by atoms with van der Waals surface area (Å²) < 4.78 is 24.0. The Morgan fingerprint density at radius 1 is 1.20 bits per heavy atom. The van der Waals surface area contributed by atoms with Gasteiger partial charge < -0.3 is 18.3 Å². The van der Waals surface area contributed by atoms with Crippen LogP contribution in [0.15, 0.2) is 10.7 Å². The van der Waals surface area contributed by atoms with Crippen LogP contribution in [0.3, 0.4) is 0 Å². The molecule has 142 valence electrons. The lowest BCUT2D eigenvalue weighted by Crippen LogP contribution is -2.47. The van der Waals surface area contributed by atoms with Crippen molar-refractivity contribution in [3.63, 3.8) is 0 Å². The maximum atomic E-state index is 11.4. The van der Waals surface area contributed by atoms with Crippen molar-refractivity contribution in [3.8, 4) is 5.75 Å². The van der Waals surface area contributed by atoms with Gasteiger partial charge in [0.1, 0.15) is 12.0 Å². The van der Waals surface area contributed by atoms with E-state index in [9.17, 15) is 4.79 Å². The van der Waals surface area contributed by atoms with Crippen molar-refractivity contribution in [1.82, 2.24) is 0 Å². The van der Waals surface area contributed by atoms with Crippen LogP contribution in [0.5, 0.6) is 5.75 Å². The van der Waals surface area contributed by atoms with E-state index < -0.39 is 14.1 Å². The van der Waals surface area contributed by atoms with Gasteiger partial charge in [0.25, 0.3) is 8.32 Å². The first-order valence-electron chi connectivity index (χ1n) is 8.81. The normalized spacial score (nSPS) is 20.3. The summed E-state index contributed by atoms with van der Waals surface area (Å²) in [5.74, 6) is 0.369. The van der Waals surface area contributed by atoms with Crippen LogP contribution >= 0.6 is 0 Å². The van der Waals surface area contributed by atoms with Gasteiger partial charge in [-0.2, -0.15) is 0 Å². The topological polar surface area (TPSA) is 57.9 Å². The molecule has 0 aromatic carbocycles. The standard InChI is InChI=1S/C19H32O5Si/c1-17(2,3)25(7,8)24-16-14(10-20)11-21-15(16)9-19(6)22-12-18(4,5)13-23-19/h10-11H,9,12-13H2,1-8H3. The number of furan rings is 1. The van der Waals surface area contributed by atoms with E-state index >= 15 is 0 Å². The molecule has 1 aromatic rings. The van der Waals surface area contributed by atoms with Crippen LogP contribution in [0.25, 0.3) is 0 Å². The Balaban J connectivity index is 2.25. The molecule has 0 atom stereocenters. The average Bonchev–Trinajstić information content (AvgIpc) is 2.83. The minimum absolute atomic E-state index is 0.00288. The minimum atomic E-state index is -2.10. The first-order valence-corrected chi connectivity index (χ1v) is 11.7. The maximum Gasteiger partial charge on any atom is 0.250 e. The van der Waals surface area contributed by atoms with E-state index in [0.29, 0.717) is 36.7 Å². The van der Waals surface area contributed by atoms with Crippen molar-refractivity contribution < 1.29 is 23.1 Å². The van der Waals surface area contributed by atoms with Crippen molar-refractivity contribution in [1.29, 1.82) is 0 Å². The van der Waals surface area contributed by atoms with Gasteiger partial charge in [0.2, 0.25) is 0 Å². The third kappa shape index (κ3) is 4.54. The second kappa shape index (κ2) is 6.56. The summed E-state index contributed by atoms with van der Waals surface area (Å²) in [6.45, 7) is 18.1. The zero-order chi connectivity index (χ0) is 19.1. The summed E-state index contributed by atoms with van der Waals surface area (Å²) >= 11 is 0. The molecule has 5 nitrogen and oxygen atoms in total. The van der Waals surface area contributed by atoms with Crippen LogP contribution in [0.4, 0.5) is 0 Å². The summed E-state index contributed by atoms with van der Waals surface area (Å²) in [6.07, 6.45) is 2.64. The van der Waals surface area contributed by atoms with E-state index in [2.05, 4.69) is 47.7 Å². The average molecular weight is 369 g/mol. The molecule has 0 saturated carbocycles. The summed E-state index contributed by atoms with van der Waals surface area (Å²) in [5.41, 5.74) is 0.441. The second-order valence-electron chi connectivity index (χ2n) is 9.48. The van der Waals surface area contributed by atoms with Crippen LogP contribution in [-0.2, 0) is 15.9 Å². The number of carbonyl (C=O) groups excluding carboxylic acids is 1. The molecule has 2 heterocycles. The Kier molecular flexibility index (Phi) is 5.30. The van der Waals surface area contributed by atoms with E-state index in [0.717, 1.165) is 6.29 Å². The molecule has 0 amide bonds. The quantitative estimate of drug-likeness (QED) is 0.551. The monoisotopic (exact) mass is 368 g/mol. The van der Waals surface area contributed by atoms with Gasteiger partial charge in [0.05, 0.1) is 25.2 Å². The highest BCUT2D eigenvalue weighted by atomic mass is 28.4. The number of hydrogen-bond acceptors (Lipinski definition) is 5. The van der Waals surface area contributed by atoms with E-state index in [1.54, 1.807) is 0 Å². The van der Waals surface area contributed by atoms with Gasteiger partial charge in [0, 0.05) is 5.41 Å². The van der Waals surface area contributed by atoms with Crippen molar-refractivity contribution in [2.75, 3.05) is 13.2 Å². The van der Waals surface area contributed by atoms with E-state index in [4.69, 9.17) is 18.3 Å². The second-order valence-corrected chi connectivity index (χ2v) is 14.2. The lowest BCUT2D eigenvalue weighted by molar-refractivity contribution is -0.289. The van der Waals surface area contributed by atoms with Gasteiger partial charge in [0.15, 0.2) is 17.8 Å². The molecule has 1 fully saturated rings. The SMILES string of the molecule is CC1(C)COC(C)(Cc2occ(C=O)c2O[Si](C)(C)C(C)(C)C)OC1. The highest BCUT2D eigenvalue weighted by Crippen LogP contribution is 2.41. The van der Waals surface area contributed by atoms with Crippen molar-refractivity contribution in [2.24, 2.45) is 5.41 Å². The minimum Gasteiger partial charge on any atom is -0.541 e. The van der Waals surface area contributed by atoms with Crippen LogP contribution < -0.4 is 4.43 Å². The van der Waals surface area contributed by atoms with E-state index in [-0.39, 0.29) is 10.5 Å². The first-order chi connectivity index (χ1) is 11.3. The summed E-state index contributed by atoms with van der Waals surface area (Å²) in [7, 11) is -2.10. The predicted octanol–water partition coefficient (Wildman–Crippen LogP) is 4.81. The molecule has 0 spiro atoms. The fourth-order valence-corrected chi connectivity index (χ4v) is 3.35. The smallest absolute Gasteiger partial charge is 0.250 e. The summed E-state index contributed by atoms with van der Waals surface area (Å²) in [5, 5.41) is 0.0213. The predicted molar refractivity (Wildman–Crippen MR) is 99.7 cm³/mol. The Morgan fingerprint density at radius 3 is 2.24 bits per heavy atom. The number of hydrogen-bond donors (Lipinski definition) is 0. The molecule has 0 bridgehead atoms. The van der Waals surface area contributed by atoms with Crippen LogP contribution in [-0.4, -0.2) is 33.6 Å². The van der Waals surface area contributed by atoms with Crippen molar-refractivity contribution in [3.05, 3.63) is 17.6 Å². The molecule has 0 radical (unpaired) electrons. The molecule has 0 unspecified atom stereocenters. The van der Waals surface area contributed by atoms with Crippen LogP contribution in [0, 0.1) is 5.41 Å². The van der Waals surface area contributed by atoms with Crippen LogP contribution in [0.2, 0.25) is 18.1 Å². The molecule has 1 aromatic heterocycles. The van der Waals surface area contributed by atoms with Gasteiger partial charge in [-0.05, 0) is 25.1 Å². The zero-order valence-corrected chi connectivity index (χ0v) is 17.8. The molecule has 1 saturated heterocycles. The number of ether oxygens (including phenoxy) is 2. The van der Waals surface area contributed by atoms with Gasteiger partial charge in [-0.1, -0.05) is 34.6 Å². The van der Waals surface area contributed by atoms with Gasteiger partial charge in [-0.15, -0.1) is 0 Å². The third-order valence-electron chi connectivity index (χ3n) is 5.15. The molecular formula is C19H32O5Si. The Labute approximate surface area is 152 Å². The van der Waals surface area contributed by atoms with E-state index in [1.807, 2.05) is 6.92 Å². The van der Waals surface area contributed by atoms with Gasteiger partial charge >= 0.3 is 0 Å². The molecule has 0 N–H and O–H groups in total. The number of rotatable bonds is 5. The lowest BCUT2D eigenvalue weighted by atomic mass is 9.94. The van der Waals surface area contributed by atoms with Gasteiger partial charge in [-0.25, -0.2) is 0 Å². The maximum absolute atomic E-state index is 11.4. The highest BCUT2D eigenvalue weighted by molar-refractivity contribution is 6.74. The molecule has 1 aliphatic rings. The van der Waals surface area contributed by atoms with Crippen molar-refractivity contribution >= 4 is 14.6 Å². The zero-order valence-electron chi connectivity index (χ0n) is 16.8. The number of aldehydes is 1. The first kappa shape index (κ1) is 20.2. The third-order valence-corrected chi connectivity index (χ3v) is 9.48. The van der Waals surface area contributed by atoms with Crippen molar-refractivity contribution in [2.45, 2.75) is 71.9 Å². The Morgan fingerprint density at radius 2 is 1.76 bits per heavy atom. The molecule has 6 heteroatoms. The molecule has 0 aliphatic carbocycles. The molecule has 2 rings (SSSR count). The van der Waals surface area contributed by atoms with E-state index in [1.165, 1.54) is 6.26 Å². The fourth-order valence-electron chi connectivity index (χ4n) is 2.30. The summed E-state index contributed by atoms with van der Waals surface area (Å²) in [4.78, 5) is 11.4. The van der Waals surface area contributed by atoms with Gasteiger partial charge in [-0.3, -0.25) is 4.79 Å². The summed E-state index contributed by atoms with van der Waals surface area (Å²) in [6, 6.07) is 0. The van der Waals surface area contributed by atoms with Crippen LogP contribution in [0.1, 0.15) is 57.7 Å². The Bertz CT molecular complexity index is 614. The fraction of sp³-hybridized carbons (Fsp3) is 0.737. The molecule has 25 heavy (non-hydrogen) atoms.